The Morgan fingerprint density at radius 2 is 2.00 bits per heavy atom. The van der Waals surface area contributed by atoms with Crippen LogP contribution >= 0.6 is 0 Å². The number of hydrogen-bond donors (Lipinski definition) is 1. The van der Waals surface area contributed by atoms with Gasteiger partial charge < -0.3 is 5.73 Å². The Hall–Kier alpha value is -0.930. The van der Waals surface area contributed by atoms with Crippen LogP contribution in [0.4, 0.5) is 4.39 Å². The lowest BCUT2D eigenvalue weighted by Crippen LogP contribution is -2.40. The quantitative estimate of drug-likeness (QED) is 0.854. The minimum atomic E-state index is -0.152. The summed E-state index contributed by atoms with van der Waals surface area (Å²) in [6.45, 7) is 7.53. The van der Waals surface area contributed by atoms with E-state index in [1.165, 1.54) is 6.07 Å². The highest BCUT2D eigenvalue weighted by Crippen LogP contribution is 2.21. The molecule has 2 nitrogen and oxygen atoms in total. The van der Waals surface area contributed by atoms with E-state index in [9.17, 15) is 4.39 Å². The Labute approximate surface area is 104 Å². The van der Waals surface area contributed by atoms with E-state index >= 15 is 0 Å². The summed E-state index contributed by atoms with van der Waals surface area (Å²) < 4.78 is 13.7. The second-order valence-electron chi connectivity index (χ2n) is 5.15. The fourth-order valence-corrected chi connectivity index (χ4v) is 1.62. The molecule has 0 saturated carbocycles. The number of nitrogens with zero attached hydrogens (tertiary/aromatic N) is 1. The van der Waals surface area contributed by atoms with Crippen LogP contribution in [0.2, 0.25) is 0 Å². The molecule has 96 valence electrons. The maximum Gasteiger partial charge on any atom is 0.127 e. The molecule has 0 unspecified atom stereocenters. The first-order chi connectivity index (χ1) is 7.90. The minimum Gasteiger partial charge on any atom is -0.326 e. The van der Waals surface area contributed by atoms with Crippen LogP contribution in [0.5, 0.6) is 0 Å². The number of halogens is 1. The predicted octanol–water partition coefficient (Wildman–Crippen LogP) is 2.90. The van der Waals surface area contributed by atoms with Gasteiger partial charge in [-0.05, 0) is 38.9 Å². The number of hydrogen-bond acceptors (Lipinski definition) is 2. The van der Waals surface area contributed by atoms with Crippen molar-refractivity contribution in [1.82, 2.24) is 4.90 Å². The first-order valence-corrected chi connectivity index (χ1v) is 6.09. The van der Waals surface area contributed by atoms with E-state index in [-0.39, 0.29) is 11.4 Å². The topological polar surface area (TPSA) is 29.3 Å². The summed E-state index contributed by atoms with van der Waals surface area (Å²) in [7, 11) is 2.03. The summed E-state index contributed by atoms with van der Waals surface area (Å²) >= 11 is 0. The van der Waals surface area contributed by atoms with Crippen LogP contribution in [0, 0.1) is 5.82 Å². The molecule has 1 aromatic rings. The van der Waals surface area contributed by atoms with Gasteiger partial charge in [0.2, 0.25) is 0 Å². The second kappa shape index (κ2) is 5.61. The van der Waals surface area contributed by atoms with Crippen LogP contribution < -0.4 is 5.73 Å². The fourth-order valence-electron chi connectivity index (χ4n) is 1.62. The van der Waals surface area contributed by atoms with Crippen molar-refractivity contribution in [1.29, 1.82) is 0 Å². The third-order valence-electron chi connectivity index (χ3n) is 3.65. The molecular formula is C14H23FN2. The van der Waals surface area contributed by atoms with Crippen molar-refractivity contribution in [3.63, 3.8) is 0 Å². The number of benzene rings is 1. The maximum atomic E-state index is 13.7. The number of rotatable bonds is 5. The van der Waals surface area contributed by atoms with E-state index in [1.807, 2.05) is 13.1 Å². The molecule has 0 aliphatic rings. The van der Waals surface area contributed by atoms with Crippen LogP contribution in [0.3, 0.4) is 0 Å². The average molecular weight is 238 g/mol. The van der Waals surface area contributed by atoms with Gasteiger partial charge in [0.25, 0.3) is 0 Å². The molecule has 0 amide bonds. The molecule has 0 spiro atoms. The van der Waals surface area contributed by atoms with E-state index in [0.717, 1.165) is 17.5 Å². The van der Waals surface area contributed by atoms with Crippen LogP contribution in [-0.2, 0) is 13.1 Å². The zero-order valence-electron chi connectivity index (χ0n) is 11.3. The van der Waals surface area contributed by atoms with E-state index in [0.29, 0.717) is 13.1 Å². The molecule has 0 atom stereocenters. The largest absolute Gasteiger partial charge is 0.326 e. The van der Waals surface area contributed by atoms with E-state index in [2.05, 4.69) is 25.7 Å². The normalized spacial score (nSPS) is 12.2. The first-order valence-electron chi connectivity index (χ1n) is 6.09. The standard InChI is InChI=1S/C14H23FN2/c1-5-14(2,3)17(4)10-12-8-11(9-16)6-7-13(12)15/h6-8H,5,9-10,16H2,1-4H3. The van der Waals surface area contributed by atoms with Crippen molar-refractivity contribution in [2.75, 3.05) is 7.05 Å². The van der Waals surface area contributed by atoms with Gasteiger partial charge >= 0.3 is 0 Å². The summed E-state index contributed by atoms with van der Waals surface area (Å²) in [5, 5.41) is 0. The lowest BCUT2D eigenvalue weighted by atomic mass is 9.99. The van der Waals surface area contributed by atoms with Gasteiger partial charge in [0.05, 0.1) is 0 Å². The summed E-state index contributed by atoms with van der Waals surface area (Å²) in [5.41, 5.74) is 7.35. The molecule has 17 heavy (non-hydrogen) atoms. The third kappa shape index (κ3) is 3.51. The molecule has 0 heterocycles. The molecule has 0 bridgehead atoms. The monoisotopic (exact) mass is 238 g/mol. The molecule has 0 aromatic heterocycles. The highest BCUT2D eigenvalue weighted by atomic mass is 19.1. The molecule has 1 rings (SSSR count). The minimum absolute atomic E-state index is 0.0746. The molecule has 0 radical (unpaired) electrons. The Morgan fingerprint density at radius 1 is 1.35 bits per heavy atom. The van der Waals surface area contributed by atoms with E-state index in [4.69, 9.17) is 5.73 Å². The Balaban J connectivity index is 2.87. The smallest absolute Gasteiger partial charge is 0.127 e. The molecule has 0 fully saturated rings. The van der Waals surface area contributed by atoms with Crippen LogP contribution in [-0.4, -0.2) is 17.5 Å². The molecule has 1 aromatic carbocycles. The maximum absolute atomic E-state index is 13.7. The highest BCUT2D eigenvalue weighted by Gasteiger charge is 2.21. The fraction of sp³-hybridized carbons (Fsp3) is 0.571. The molecule has 0 aliphatic carbocycles. The number of nitrogens with two attached hydrogens (primary N) is 1. The Kier molecular flexibility index (Phi) is 4.66. The van der Waals surface area contributed by atoms with Gasteiger partial charge in [-0.1, -0.05) is 19.1 Å². The predicted molar refractivity (Wildman–Crippen MR) is 70.1 cm³/mol. The van der Waals surface area contributed by atoms with Crippen LogP contribution in [0.25, 0.3) is 0 Å². The highest BCUT2D eigenvalue weighted by molar-refractivity contribution is 5.25. The van der Waals surface area contributed by atoms with Crippen molar-refractivity contribution in [3.05, 3.63) is 35.1 Å². The van der Waals surface area contributed by atoms with Crippen molar-refractivity contribution in [3.8, 4) is 0 Å². The molecule has 3 heteroatoms. The summed E-state index contributed by atoms with van der Waals surface area (Å²) in [4.78, 5) is 2.17. The molecule has 0 saturated heterocycles. The van der Waals surface area contributed by atoms with Gasteiger partial charge in [-0.15, -0.1) is 0 Å². The second-order valence-corrected chi connectivity index (χ2v) is 5.15. The summed E-state index contributed by atoms with van der Waals surface area (Å²) in [6.07, 6.45) is 1.03. The lowest BCUT2D eigenvalue weighted by molar-refractivity contribution is 0.141. The van der Waals surface area contributed by atoms with Gasteiger partial charge in [-0.2, -0.15) is 0 Å². The SMILES string of the molecule is CCC(C)(C)N(C)Cc1cc(CN)ccc1F. The van der Waals surface area contributed by atoms with Crippen molar-refractivity contribution in [2.45, 2.75) is 45.8 Å². The first kappa shape index (κ1) is 14.1. The zero-order chi connectivity index (χ0) is 13.1. The van der Waals surface area contributed by atoms with E-state index < -0.39 is 0 Å². The van der Waals surface area contributed by atoms with Gasteiger partial charge in [0, 0.05) is 24.2 Å². The molecular weight excluding hydrogens is 215 g/mol. The molecule has 2 N–H and O–H groups in total. The lowest BCUT2D eigenvalue weighted by Gasteiger charge is -2.35. The Morgan fingerprint density at radius 3 is 2.53 bits per heavy atom. The van der Waals surface area contributed by atoms with Crippen LogP contribution in [0.15, 0.2) is 18.2 Å². The van der Waals surface area contributed by atoms with Crippen molar-refractivity contribution < 1.29 is 4.39 Å². The van der Waals surface area contributed by atoms with Crippen molar-refractivity contribution in [2.24, 2.45) is 5.73 Å². The van der Waals surface area contributed by atoms with Gasteiger partial charge in [0.15, 0.2) is 0 Å². The third-order valence-corrected chi connectivity index (χ3v) is 3.65. The van der Waals surface area contributed by atoms with Gasteiger partial charge in [-0.3, -0.25) is 4.90 Å². The van der Waals surface area contributed by atoms with E-state index in [1.54, 1.807) is 6.07 Å². The summed E-state index contributed by atoms with van der Waals surface area (Å²) in [6, 6.07) is 5.10. The Bertz CT molecular complexity index is 374. The average Bonchev–Trinajstić information content (AvgIpc) is 2.31. The van der Waals surface area contributed by atoms with Gasteiger partial charge in [-0.25, -0.2) is 4.39 Å². The summed E-state index contributed by atoms with van der Waals surface area (Å²) in [5.74, 6) is -0.152. The zero-order valence-corrected chi connectivity index (χ0v) is 11.3. The molecule has 0 aliphatic heterocycles. The van der Waals surface area contributed by atoms with Crippen LogP contribution in [0.1, 0.15) is 38.3 Å². The van der Waals surface area contributed by atoms with Crippen molar-refractivity contribution >= 4 is 0 Å². The van der Waals surface area contributed by atoms with Gasteiger partial charge in [0.1, 0.15) is 5.82 Å².